The van der Waals surface area contributed by atoms with Gasteiger partial charge in [-0.1, -0.05) is 0 Å². The predicted molar refractivity (Wildman–Crippen MR) is 78.5 cm³/mol. The van der Waals surface area contributed by atoms with Crippen molar-refractivity contribution in [3.8, 4) is 0 Å². The van der Waals surface area contributed by atoms with Crippen LogP contribution in [0.4, 0.5) is 5.69 Å². The van der Waals surface area contributed by atoms with E-state index in [9.17, 15) is 4.79 Å². The molecule has 96 valence electrons. The summed E-state index contributed by atoms with van der Waals surface area (Å²) in [5.41, 5.74) is 6.48. The number of hydrogen-bond donors (Lipinski definition) is 3. The predicted octanol–water partition coefficient (Wildman–Crippen LogP) is 1.39. The minimum atomic E-state index is -0.354. The van der Waals surface area contributed by atoms with E-state index in [0.717, 1.165) is 5.69 Å². The van der Waals surface area contributed by atoms with Crippen LogP contribution in [-0.2, 0) is 4.74 Å². The first kappa shape index (κ1) is 14.3. The number of esters is 1. The fourth-order valence-corrected chi connectivity index (χ4v) is 1.57. The Kier molecular flexibility index (Phi) is 5.47. The Bertz CT molecular complexity index is 460. The Morgan fingerprint density at radius 1 is 1.33 bits per heavy atom. The Balaban J connectivity index is 2.63. The Hall–Kier alpha value is -1.73. The second-order valence-corrected chi connectivity index (χ2v) is 4.09. The minimum absolute atomic E-state index is 0.0932. The summed E-state index contributed by atoms with van der Waals surface area (Å²) in [6.45, 7) is 2.11. The van der Waals surface area contributed by atoms with Crippen LogP contribution in [-0.4, -0.2) is 22.8 Å². The maximum Gasteiger partial charge on any atom is 0.338 e. The number of carbonyl (C=O) groups excluding carboxylic acids is 1. The van der Waals surface area contributed by atoms with Gasteiger partial charge in [-0.15, -0.1) is 0 Å². The molecule has 0 fully saturated rings. The zero-order valence-electron chi connectivity index (χ0n) is 9.73. The molecule has 7 heteroatoms. The SMILES string of the molecule is CCOC(=O)c1ccc(NC(=S)NC(N)=S)cc1. The molecule has 0 atom stereocenters. The molecule has 1 aromatic carbocycles. The van der Waals surface area contributed by atoms with Gasteiger partial charge in [-0.05, 0) is 55.6 Å². The number of thiocarbonyl (C=S) groups is 2. The van der Waals surface area contributed by atoms with Crippen molar-refractivity contribution in [3.63, 3.8) is 0 Å². The van der Waals surface area contributed by atoms with Crippen LogP contribution in [0.1, 0.15) is 17.3 Å². The van der Waals surface area contributed by atoms with Crippen molar-refractivity contribution in [2.75, 3.05) is 11.9 Å². The lowest BCUT2D eigenvalue weighted by Crippen LogP contribution is -2.37. The Morgan fingerprint density at radius 3 is 2.44 bits per heavy atom. The van der Waals surface area contributed by atoms with Gasteiger partial charge in [0, 0.05) is 5.69 Å². The average molecular weight is 283 g/mol. The summed E-state index contributed by atoms with van der Waals surface area (Å²) < 4.78 is 4.87. The summed E-state index contributed by atoms with van der Waals surface area (Å²) in [4.78, 5) is 11.4. The van der Waals surface area contributed by atoms with E-state index in [1.807, 2.05) is 0 Å². The zero-order valence-corrected chi connectivity index (χ0v) is 11.4. The molecule has 0 aliphatic rings. The minimum Gasteiger partial charge on any atom is -0.462 e. The van der Waals surface area contributed by atoms with E-state index in [1.165, 1.54) is 0 Å². The first-order valence-corrected chi connectivity index (χ1v) is 5.99. The molecule has 0 bridgehead atoms. The molecule has 0 unspecified atom stereocenters. The van der Waals surface area contributed by atoms with Gasteiger partial charge in [-0.3, -0.25) is 0 Å². The molecule has 0 radical (unpaired) electrons. The van der Waals surface area contributed by atoms with E-state index < -0.39 is 0 Å². The first-order valence-electron chi connectivity index (χ1n) is 5.17. The van der Waals surface area contributed by atoms with Crippen LogP contribution < -0.4 is 16.4 Å². The largest absolute Gasteiger partial charge is 0.462 e. The molecular weight excluding hydrogens is 270 g/mol. The molecule has 0 saturated carbocycles. The van der Waals surface area contributed by atoms with Crippen molar-refractivity contribution in [1.82, 2.24) is 5.32 Å². The third kappa shape index (κ3) is 4.64. The summed E-state index contributed by atoms with van der Waals surface area (Å²) >= 11 is 9.61. The van der Waals surface area contributed by atoms with E-state index >= 15 is 0 Å². The molecular formula is C11H13N3O2S2. The molecule has 0 amide bonds. The fraction of sp³-hybridized carbons (Fsp3) is 0.182. The fourth-order valence-electron chi connectivity index (χ4n) is 1.18. The molecule has 0 aliphatic heterocycles. The monoisotopic (exact) mass is 283 g/mol. The second-order valence-electron chi connectivity index (χ2n) is 3.24. The Labute approximate surface area is 116 Å². The zero-order chi connectivity index (χ0) is 13.5. The maximum atomic E-state index is 11.4. The van der Waals surface area contributed by atoms with Gasteiger partial charge in [0.1, 0.15) is 0 Å². The first-order chi connectivity index (χ1) is 8.52. The highest BCUT2D eigenvalue weighted by atomic mass is 32.1. The van der Waals surface area contributed by atoms with Gasteiger partial charge in [0.25, 0.3) is 0 Å². The van der Waals surface area contributed by atoms with Crippen LogP contribution in [0.15, 0.2) is 24.3 Å². The summed E-state index contributed by atoms with van der Waals surface area (Å²) in [5, 5.41) is 5.85. The number of nitrogens with two attached hydrogens (primary N) is 1. The van der Waals surface area contributed by atoms with Gasteiger partial charge in [0.15, 0.2) is 10.2 Å². The molecule has 0 aliphatic carbocycles. The van der Waals surface area contributed by atoms with Crippen LogP contribution in [0.3, 0.4) is 0 Å². The van der Waals surface area contributed by atoms with Gasteiger partial charge < -0.3 is 21.1 Å². The normalized spacial score (nSPS) is 9.39. The summed E-state index contributed by atoms with van der Waals surface area (Å²) in [7, 11) is 0. The molecule has 1 aromatic rings. The molecule has 0 spiro atoms. The van der Waals surface area contributed by atoms with Crippen LogP contribution in [0.5, 0.6) is 0 Å². The third-order valence-corrected chi connectivity index (χ3v) is 2.20. The molecule has 5 nitrogen and oxygen atoms in total. The lowest BCUT2D eigenvalue weighted by atomic mass is 10.2. The number of rotatable bonds is 3. The Morgan fingerprint density at radius 2 is 1.94 bits per heavy atom. The number of carbonyl (C=O) groups is 1. The molecule has 0 heterocycles. The van der Waals surface area contributed by atoms with Crippen LogP contribution in [0, 0.1) is 0 Å². The molecule has 0 aromatic heterocycles. The van der Waals surface area contributed by atoms with E-state index in [-0.39, 0.29) is 11.1 Å². The summed E-state index contributed by atoms with van der Waals surface area (Å²) in [6, 6.07) is 6.70. The third-order valence-electron chi connectivity index (χ3n) is 1.89. The molecule has 4 N–H and O–H groups in total. The molecule has 0 saturated heterocycles. The average Bonchev–Trinajstić information content (AvgIpc) is 2.29. The van der Waals surface area contributed by atoms with Crippen LogP contribution in [0.25, 0.3) is 0 Å². The van der Waals surface area contributed by atoms with Crippen LogP contribution >= 0.6 is 24.4 Å². The van der Waals surface area contributed by atoms with E-state index in [2.05, 4.69) is 22.9 Å². The van der Waals surface area contributed by atoms with Crippen LogP contribution in [0.2, 0.25) is 0 Å². The van der Waals surface area contributed by atoms with Crippen molar-refractivity contribution < 1.29 is 9.53 Å². The van der Waals surface area contributed by atoms with Crippen molar-refractivity contribution >= 4 is 46.3 Å². The van der Waals surface area contributed by atoms with E-state index in [0.29, 0.717) is 17.3 Å². The second kappa shape index (κ2) is 6.87. The topological polar surface area (TPSA) is 76.4 Å². The highest BCUT2D eigenvalue weighted by molar-refractivity contribution is 7.82. The highest BCUT2D eigenvalue weighted by Gasteiger charge is 2.06. The lowest BCUT2D eigenvalue weighted by Gasteiger charge is -2.09. The van der Waals surface area contributed by atoms with Crippen molar-refractivity contribution in [2.24, 2.45) is 5.73 Å². The maximum absolute atomic E-state index is 11.4. The van der Waals surface area contributed by atoms with Crippen molar-refractivity contribution in [2.45, 2.75) is 6.92 Å². The lowest BCUT2D eigenvalue weighted by molar-refractivity contribution is 0.0526. The standard InChI is InChI=1S/C11H13N3O2S2/c1-2-16-9(15)7-3-5-8(6-4-7)13-11(18)14-10(12)17/h3-6H,2H2,1H3,(H4,12,13,14,17,18). The number of ether oxygens (including phenoxy) is 1. The quantitative estimate of drug-likeness (QED) is 0.571. The van der Waals surface area contributed by atoms with Gasteiger partial charge in [0.05, 0.1) is 12.2 Å². The number of benzene rings is 1. The van der Waals surface area contributed by atoms with E-state index in [4.69, 9.17) is 22.7 Å². The van der Waals surface area contributed by atoms with Crippen molar-refractivity contribution in [3.05, 3.63) is 29.8 Å². The smallest absolute Gasteiger partial charge is 0.338 e. The number of anilines is 1. The van der Waals surface area contributed by atoms with E-state index in [1.54, 1.807) is 31.2 Å². The van der Waals surface area contributed by atoms with Gasteiger partial charge in [-0.2, -0.15) is 0 Å². The van der Waals surface area contributed by atoms with Crippen molar-refractivity contribution in [1.29, 1.82) is 0 Å². The van der Waals surface area contributed by atoms with Gasteiger partial charge >= 0.3 is 5.97 Å². The van der Waals surface area contributed by atoms with Gasteiger partial charge in [0.2, 0.25) is 0 Å². The number of hydrogen-bond acceptors (Lipinski definition) is 4. The number of nitrogens with one attached hydrogen (secondary N) is 2. The van der Waals surface area contributed by atoms with Gasteiger partial charge in [-0.25, -0.2) is 4.79 Å². The molecule has 18 heavy (non-hydrogen) atoms. The summed E-state index contributed by atoms with van der Waals surface area (Å²) in [5.74, 6) is -0.354. The molecule has 1 rings (SSSR count). The highest BCUT2D eigenvalue weighted by Crippen LogP contribution is 2.10. The summed E-state index contributed by atoms with van der Waals surface area (Å²) in [6.07, 6.45) is 0.